The lowest BCUT2D eigenvalue weighted by Crippen LogP contribution is -2.57. The van der Waals surface area contributed by atoms with Crippen molar-refractivity contribution in [2.75, 3.05) is 26.2 Å². The number of alkyl halides is 3. The number of piperidine rings is 1. The summed E-state index contributed by atoms with van der Waals surface area (Å²) in [6.07, 6.45) is 3.15. The minimum Gasteiger partial charge on any atom is -0.334 e. The Morgan fingerprint density at radius 3 is 2.64 bits per heavy atom. The van der Waals surface area contributed by atoms with Crippen molar-refractivity contribution in [1.29, 1.82) is 0 Å². The summed E-state index contributed by atoms with van der Waals surface area (Å²) in [6, 6.07) is 5.33. The summed E-state index contributed by atoms with van der Waals surface area (Å²) < 4.78 is 39.7. The van der Waals surface area contributed by atoms with Gasteiger partial charge >= 0.3 is 6.18 Å². The molecule has 33 heavy (non-hydrogen) atoms. The number of fused-ring (bicyclic) bond motifs is 3. The first-order chi connectivity index (χ1) is 15.8. The van der Waals surface area contributed by atoms with Crippen LogP contribution in [0.3, 0.4) is 0 Å². The number of piperazine rings is 1. The van der Waals surface area contributed by atoms with E-state index in [0.717, 1.165) is 44.5 Å². The molecule has 1 aromatic carbocycles. The fraction of sp³-hybridized carbons (Fsp3) is 0.731. The number of halogens is 3. The lowest BCUT2D eigenvalue weighted by Gasteiger charge is -2.46. The molecule has 0 radical (unpaired) electrons. The van der Waals surface area contributed by atoms with Crippen molar-refractivity contribution >= 4 is 5.91 Å². The number of hydrogen-bond donors (Lipinski definition) is 0. The number of hydrogen-bond acceptors (Lipinski definition) is 3. The van der Waals surface area contributed by atoms with E-state index >= 15 is 0 Å². The number of carbonyl (C=O) groups excluding carboxylic acids is 1. The number of carbonyl (C=O) groups is 1. The molecule has 5 aliphatic rings. The van der Waals surface area contributed by atoms with Crippen LogP contribution in [0.1, 0.15) is 62.1 Å². The first-order valence-corrected chi connectivity index (χ1v) is 12.7. The van der Waals surface area contributed by atoms with E-state index in [9.17, 15) is 18.0 Å². The number of amides is 1. The molecule has 7 heteroatoms. The van der Waals surface area contributed by atoms with Crippen molar-refractivity contribution in [1.82, 2.24) is 14.7 Å². The van der Waals surface area contributed by atoms with Crippen molar-refractivity contribution in [2.24, 2.45) is 11.3 Å². The average Bonchev–Trinajstić information content (AvgIpc) is 3.34. The van der Waals surface area contributed by atoms with Gasteiger partial charge in [0, 0.05) is 44.3 Å². The van der Waals surface area contributed by atoms with Gasteiger partial charge in [0.1, 0.15) is 0 Å². The Labute approximate surface area is 194 Å². The van der Waals surface area contributed by atoms with Crippen molar-refractivity contribution in [2.45, 2.75) is 82.7 Å². The largest absolute Gasteiger partial charge is 0.416 e. The van der Waals surface area contributed by atoms with E-state index in [1.54, 1.807) is 6.07 Å². The molecule has 0 aromatic heterocycles. The minimum atomic E-state index is -4.35. The standard InChI is InChI=1S/C26H34F3N3O/c1-17-23-13-18-5-6-20(26(27,28)29)12-19(18)15-32(23)24(33)25(17)8-7-21(14-25)31-11-10-30-9-3-2-4-22(30)16-31/h5-6,12,17,21-23H,2-4,7-11,13-16H2,1H3/t17?,21?,22?,23?,25-/m0/s1. The van der Waals surface area contributed by atoms with E-state index in [4.69, 9.17) is 0 Å². The number of nitrogens with zero attached hydrogens (tertiary/aromatic N) is 3. The first-order valence-electron chi connectivity index (χ1n) is 12.7. The van der Waals surface area contributed by atoms with Crippen molar-refractivity contribution < 1.29 is 18.0 Å². The van der Waals surface area contributed by atoms with Gasteiger partial charge in [0.25, 0.3) is 0 Å². The van der Waals surface area contributed by atoms with Gasteiger partial charge in [0.15, 0.2) is 0 Å². The molecule has 4 aliphatic heterocycles. The van der Waals surface area contributed by atoms with Crippen LogP contribution in [0.25, 0.3) is 0 Å². The third-order valence-electron chi connectivity index (χ3n) is 9.75. The van der Waals surface area contributed by atoms with Crippen molar-refractivity contribution in [3.05, 3.63) is 34.9 Å². The zero-order valence-corrected chi connectivity index (χ0v) is 19.4. The van der Waals surface area contributed by atoms with Crippen LogP contribution in [0.15, 0.2) is 18.2 Å². The second-order valence-electron chi connectivity index (χ2n) is 11.2. The SMILES string of the molecule is CC1C2Cc3ccc(C(F)(F)F)cc3CN2C(=O)[C@]12CCC(N1CCN3CCCCC3C1)C2. The van der Waals surface area contributed by atoms with Crippen LogP contribution in [-0.4, -0.2) is 64.9 Å². The van der Waals surface area contributed by atoms with Crippen LogP contribution in [0.2, 0.25) is 0 Å². The van der Waals surface area contributed by atoms with Gasteiger partial charge in [-0.2, -0.15) is 13.2 Å². The van der Waals surface area contributed by atoms with Crippen LogP contribution in [0.5, 0.6) is 0 Å². The second kappa shape index (κ2) is 7.70. The van der Waals surface area contributed by atoms with Crippen LogP contribution in [0.4, 0.5) is 13.2 Å². The molecule has 4 fully saturated rings. The van der Waals surface area contributed by atoms with E-state index in [1.165, 1.54) is 37.9 Å². The summed E-state index contributed by atoms with van der Waals surface area (Å²) in [5.41, 5.74) is 0.691. The molecule has 4 heterocycles. The van der Waals surface area contributed by atoms with Gasteiger partial charge in [-0.3, -0.25) is 14.6 Å². The molecule has 6 rings (SSSR count). The second-order valence-corrected chi connectivity index (χ2v) is 11.2. The summed E-state index contributed by atoms with van der Waals surface area (Å²) in [7, 11) is 0. The molecule has 0 bridgehead atoms. The highest BCUT2D eigenvalue weighted by Gasteiger charge is 2.61. The predicted octanol–water partition coefficient (Wildman–Crippen LogP) is 4.32. The van der Waals surface area contributed by atoms with E-state index in [2.05, 4.69) is 16.7 Å². The van der Waals surface area contributed by atoms with Crippen molar-refractivity contribution in [3.8, 4) is 0 Å². The topological polar surface area (TPSA) is 26.8 Å². The maximum Gasteiger partial charge on any atom is 0.416 e. The zero-order valence-electron chi connectivity index (χ0n) is 19.4. The molecule has 3 saturated heterocycles. The minimum absolute atomic E-state index is 0.107. The summed E-state index contributed by atoms with van der Waals surface area (Å²) >= 11 is 0. The van der Waals surface area contributed by atoms with E-state index in [-0.39, 0.29) is 23.3 Å². The maximum atomic E-state index is 13.8. The Kier molecular flexibility index (Phi) is 5.11. The van der Waals surface area contributed by atoms with Gasteiger partial charge < -0.3 is 4.90 Å². The van der Waals surface area contributed by atoms with Gasteiger partial charge in [-0.1, -0.05) is 19.4 Å². The van der Waals surface area contributed by atoms with Crippen LogP contribution in [-0.2, 0) is 23.9 Å². The van der Waals surface area contributed by atoms with Gasteiger partial charge in [-0.05, 0) is 74.2 Å². The Bertz CT molecular complexity index is 949. The molecule has 1 aliphatic carbocycles. The molecule has 1 amide bonds. The van der Waals surface area contributed by atoms with E-state index < -0.39 is 11.7 Å². The lowest BCUT2D eigenvalue weighted by molar-refractivity contribution is -0.138. The molecule has 1 spiro atoms. The van der Waals surface area contributed by atoms with Gasteiger partial charge in [0.2, 0.25) is 5.91 Å². The summed E-state index contributed by atoms with van der Waals surface area (Å²) in [4.78, 5) is 21.0. The highest BCUT2D eigenvalue weighted by Crippen LogP contribution is 2.55. The summed E-state index contributed by atoms with van der Waals surface area (Å²) in [6.45, 7) is 7.14. The zero-order chi connectivity index (χ0) is 23.0. The Morgan fingerprint density at radius 1 is 1.00 bits per heavy atom. The fourth-order valence-electron chi connectivity index (χ4n) is 7.78. The molecule has 1 saturated carbocycles. The highest BCUT2D eigenvalue weighted by molar-refractivity contribution is 5.87. The van der Waals surface area contributed by atoms with Crippen molar-refractivity contribution in [3.63, 3.8) is 0 Å². The Morgan fingerprint density at radius 2 is 1.82 bits per heavy atom. The maximum absolute atomic E-state index is 13.8. The van der Waals surface area contributed by atoms with E-state index in [1.807, 2.05) is 4.90 Å². The number of rotatable bonds is 1. The Hall–Kier alpha value is -1.60. The molecule has 0 N–H and O–H groups in total. The van der Waals surface area contributed by atoms with Crippen LogP contribution < -0.4 is 0 Å². The van der Waals surface area contributed by atoms with Gasteiger partial charge in [0.05, 0.1) is 11.0 Å². The molecule has 4 nitrogen and oxygen atoms in total. The molecule has 4 unspecified atom stereocenters. The van der Waals surface area contributed by atoms with Gasteiger partial charge in [-0.15, -0.1) is 0 Å². The first kappa shape index (κ1) is 21.9. The predicted molar refractivity (Wildman–Crippen MR) is 120 cm³/mol. The number of benzene rings is 1. The highest BCUT2D eigenvalue weighted by atomic mass is 19.4. The fourth-order valence-corrected chi connectivity index (χ4v) is 7.78. The molecular formula is C26H34F3N3O. The third-order valence-corrected chi connectivity index (χ3v) is 9.75. The molecule has 180 valence electrons. The monoisotopic (exact) mass is 461 g/mol. The normalized spacial score (nSPS) is 37.3. The van der Waals surface area contributed by atoms with E-state index in [0.29, 0.717) is 30.6 Å². The smallest absolute Gasteiger partial charge is 0.334 e. The quantitative estimate of drug-likeness (QED) is 0.623. The van der Waals surface area contributed by atoms with Gasteiger partial charge in [-0.25, -0.2) is 0 Å². The average molecular weight is 462 g/mol. The molecule has 5 atom stereocenters. The third kappa shape index (κ3) is 3.44. The summed E-state index contributed by atoms with van der Waals surface area (Å²) in [5.74, 6) is 0.434. The van der Waals surface area contributed by atoms with Crippen LogP contribution in [0, 0.1) is 11.3 Å². The lowest BCUT2D eigenvalue weighted by atomic mass is 9.73. The molecule has 1 aromatic rings. The summed E-state index contributed by atoms with van der Waals surface area (Å²) in [5, 5.41) is 0. The van der Waals surface area contributed by atoms with Crippen LogP contribution >= 0.6 is 0 Å². The molecular weight excluding hydrogens is 427 g/mol. The Balaban J connectivity index is 1.20.